The van der Waals surface area contributed by atoms with Gasteiger partial charge >= 0.3 is 0 Å². The van der Waals surface area contributed by atoms with Gasteiger partial charge in [-0.2, -0.15) is 0 Å². The Morgan fingerprint density at radius 3 is 1.50 bits per heavy atom. The molecule has 18 heteroatoms. The van der Waals surface area contributed by atoms with Crippen LogP contribution in [0.5, 0.6) is 0 Å². The molecule has 0 radical (unpaired) electrons. The van der Waals surface area contributed by atoms with E-state index in [1.54, 1.807) is 70.3 Å². The summed E-state index contributed by atoms with van der Waals surface area (Å²) in [4.78, 5) is 40.7. The van der Waals surface area contributed by atoms with Crippen LogP contribution in [0.25, 0.3) is 33.7 Å². The molecule has 0 unspecified atom stereocenters. The lowest BCUT2D eigenvalue weighted by Crippen LogP contribution is -2.16. The summed E-state index contributed by atoms with van der Waals surface area (Å²) in [6.07, 6.45) is 5.84. The van der Waals surface area contributed by atoms with Crippen LogP contribution in [0.2, 0.25) is 10.0 Å². The molecular weight excluding hydrogens is 799 g/mol. The number of amides is 2. The molecule has 58 heavy (non-hydrogen) atoms. The SMILES string of the molecule is NC(=O)c1cnc(-n2cnc3cc(Cl)ccc32)cc1NCc1cc(F)cc(F)c1.NC(=O)c1cnc(-n2cnc3ccc(Cl)cc32)cc1NCc1cc(F)cc(F)c1. The van der Waals surface area contributed by atoms with Gasteiger partial charge in [0.15, 0.2) is 0 Å². The van der Waals surface area contributed by atoms with Crippen molar-refractivity contribution in [2.45, 2.75) is 13.1 Å². The van der Waals surface area contributed by atoms with Crippen molar-refractivity contribution in [1.82, 2.24) is 29.1 Å². The highest BCUT2D eigenvalue weighted by atomic mass is 35.5. The van der Waals surface area contributed by atoms with Crippen LogP contribution >= 0.6 is 23.2 Å². The minimum Gasteiger partial charge on any atom is -0.380 e. The Bertz CT molecular complexity index is 2830. The van der Waals surface area contributed by atoms with Crippen LogP contribution in [0.4, 0.5) is 28.9 Å². The van der Waals surface area contributed by atoms with Crippen molar-refractivity contribution in [1.29, 1.82) is 0 Å². The van der Waals surface area contributed by atoms with Gasteiger partial charge in [-0.15, -0.1) is 0 Å². The van der Waals surface area contributed by atoms with Gasteiger partial charge in [0.2, 0.25) is 0 Å². The Labute approximate surface area is 336 Å². The number of benzene rings is 4. The summed E-state index contributed by atoms with van der Waals surface area (Å²) in [6, 6.07) is 20.1. The fourth-order valence-electron chi connectivity index (χ4n) is 5.99. The third kappa shape index (κ3) is 8.83. The van der Waals surface area contributed by atoms with E-state index in [2.05, 4.69) is 30.6 Å². The Morgan fingerprint density at radius 2 is 1.00 bits per heavy atom. The summed E-state index contributed by atoms with van der Waals surface area (Å²) in [7, 11) is 0. The van der Waals surface area contributed by atoms with E-state index in [9.17, 15) is 27.2 Å². The number of halogens is 6. The van der Waals surface area contributed by atoms with E-state index in [0.717, 1.165) is 28.7 Å². The number of aromatic nitrogens is 6. The number of hydrogen-bond donors (Lipinski definition) is 4. The first-order chi connectivity index (χ1) is 27.8. The molecule has 292 valence electrons. The second kappa shape index (κ2) is 16.6. The number of fused-ring (bicyclic) bond motifs is 2. The molecule has 4 heterocycles. The van der Waals surface area contributed by atoms with Crippen molar-refractivity contribution >= 4 is 68.5 Å². The molecule has 6 N–H and O–H groups in total. The van der Waals surface area contributed by atoms with Crippen LogP contribution in [0.1, 0.15) is 31.8 Å². The van der Waals surface area contributed by atoms with Crippen LogP contribution < -0.4 is 22.1 Å². The molecule has 0 fully saturated rings. The Kier molecular flexibility index (Phi) is 11.2. The molecule has 0 atom stereocenters. The molecule has 0 spiro atoms. The second-order valence-electron chi connectivity index (χ2n) is 12.7. The molecule has 4 aromatic carbocycles. The van der Waals surface area contributed by atoms with Gasteiger partial charge in [0.25, 0.3) is 11.8 Å². The highest BCUT2D eigenvalue weighted by molar-refractivity contribution is 6.31. The first kappa shape index (κ1) is 39.2. The van der Waals surface area contributed by atoms with Crippen molar-refractivity contribution in [2.75, 3.05) is 10.6 Å². The standard InChI is InChI=1S/2C20H14ClF2N5O/c21-12-1-2-18-17(5-12)27-10-28(18)19-7-16(15(9-26-19)20(24)29)25-8-11-3-13(22)6-14(23)4-11;21-12-1-2-16-18(5-12)28(10-27-16)19-7-17(15(9-26-19)20(24)29)25-8-11-3-13(22)6-14(23)4-11/h2*1-7,9-10H,8H2,(H2,24,29)(H,25,26). The average molecular weight is 828 g/mol. The van der Waals surface area contributed by atoms with Crippen LogP contribution in [0, 0.1) is 23.3 Å². The topological polar surface area (TPSA) is 172 Å². The van der Waals surface area contributed by atoms with Crippen LogP contribution in [0.3, 0.4) is 0 Å². The lowest BCUT2D eigenvalue weighted by Gasteiger charge is -2.13. The average Bonchev–Trinajstić information content (AvgIpc) is 3.79. The third-order valence-electron chi connectivity index (χ3n) is 8.63. The number of imidazole rings is 2. The molecule has 4 aromatic heterocycles. The smallest absolute Gasteiger partial charge is 0.252 e. The van der Waals surface area contributed by atoms with Crippen molar-refractivity contribution in [2.24, 2.45) is 11.5 Å². The van der Waals surface area contributed by atoms with Gasteiger partial charge in [0.1, 0.15) is 47.6 Å². The Balaban J connectivity index is 0.000000177. The van der Waals surface area contributed by atoms with E-state index in [1.165, 1.54) is 36.7 Å². The van der Waals surface area contributed by atoms with Gasteiger partial charge in [0.05, 0.1) is 44.6 Å². The summed E-state index contributed by atoms with van der Waals surface area (Å²) in [5.74, 6) is -3.16. The minimum atomic E-state index is -0.686. The number of anilines is 2. The van der Waals surface area contributed by atoms with E-state index >= 15 is 0 Å². The van der Waals surface area contributed by atoms with E-state index < -0.39 is 35.1 Å². The van der Waals surface area contributed by atoms with Crippen LogP contribution in [0.15, 0.2) is 110 Å². The monoisotopic (exact) mass is 826 g/mol. The van der Waals surface area contributed by atoms with Crippen molar-refractivity contribution in [3.05, 3.63) is 166 Å². The van der Waals surface area contributed by atoms with Crippen LogP contribution in [-0.4, -0.2) is 40.9 Å². The largest absolute Gasteiger partial charge is 0.380 e. The molecule has 8 aromatic rings. The molecule has 0 aliphatic carbocycles. The molecule has 0 aliphatic rings. The minimum absolute atomic E-state index is 0.0783. The summed E-state index contributed by atoms with van der Waals surface area (Å²) >= 11 is 12.1. The van der Waals surface area contributed by atoms with Gasteiger partial charge in [-0.25, -0.2) is 37.5 Å². The Morgan fingerprint density at radius 1 is 0.552 bits per heavy atom. The number of nitrogens with one attached hydrogen (secondary N) is 2. The number of carbonyl (C=O) groups is 2. The number of hydrogen-bond acceptors (Lipinski definition) is 8. The summed E-state index contributed by atoms with van der Waals surface area (Å²) in [6.45, 7) is 0.160. The first-order valence-corrected chi connectivity index (χ1v) is 17.8. The fraction of sp³-hybridized carbons (Fsp3) is 0.0500. The summed E-state index contributed by atoms with van der Waals surface area (Å²) in [5.41, 5.74) is 15.6. The maximum Gasteiger partial charge on any atom is 0.252 e. The lowest BCUT2D eigenvalue weighted by molar-refractivity contribution is 0.0992. The predicted octanol–water partition coefficient (Wildman–Crippen LogP) is 8.13. The van der Waals surface area contributed by atoms with E-state index in [1.807, 2.05) is 0 Å². The van der Waals surface area contributed by atoms with Crippen molar-refractivity contribution in [3.63, 3.8) is 0 Å². The number of pyridine rings is 2. The van der Waals surface area contributed by atoms with Crippen LogP contribution in [-0.2, 0) is 13.1 Å². The molecule has 0 saturated carbocycles. The summed E-state index contributed by atoms with van der Waals surface area (Å²) < 4.78 is 57.1. The molecule has 2 amide bonds. The zero-order valence-corrected chi connectivity index (χ0v) is 31.2. The van der Waals surface area contributed by atoms with Gasteiger partial charge in [-0.1, -0.05) is 23.2 Å². The summed E-state index contributed by atoms with van der Waals surface area (Å²) in [5, 5.41) is 7.09. The quantitative estimate of drug-likeness (QED) is 0.100. The lowest BCUT2D eigenvalue weighted by atomic mass is 10.1. The maximum atomic E-state index is 13.4. The van der Waals surface area contributed by atoms with Crippen molar-refractivity contribution in [3.8, 4) is 11.6 Å². The normalized spacial score (nSPS) is 11.0. The second-order valence-corrected chi connectivity index (χ2v) is 13.5. The highest BCUT2D eigenvalue weighted by Crippen LogP contribution is 2.26. The third-order valence-corrected chi connectivity index (χ3v) is 9.10. The fourth-order valence-corrected chi connectivity index (χ4v) is 6.32. The number of primary amides is 2. The number of nitrogens with two attached hydrogens (primary N) is 2. The van der Waals surface area contributed by atoms with Gasteiger partial charge in [-0.3, -0.25) is 18.7 Å². The number of nitrogens with zero attached hydrogens (tertiary/aromatic N) is 6. The highest BCUT2D eigenvalue weighted by Gasteiger charge is 2.16. The van der Waals surface area contributed by atoms with Gasteiger partial charge < -0.3 is 22.1 Å². The molecular formula is C40H28Cl2F4N10O2. The Hall–Kier alpha value is -7.04. The van der Waals surface area contributed by atoms with E-state index in [4.69, 9.17) is 34.7 Å². The number of carbonyl (C=O) groups excluding carboxylic acids is 2. The molecule has 8 rings (SSSR count). The first-order valence-electron chi connectivity index (χ1n) is 17.0. The maximum absolute atomic E-state index is 13.4. The molecule has 0 aliphatic heterocycles. The van der Waals surface area contributed by atoms with Crippen molar-refractivity contribution < 1.29 is 27.2 Å². The molecule has 0 saturated heterocycles. The van der Waals surface area contributed by atoms with Gasteiger partial charge in [0, 0.05) is 59.8 Å². The predicted molar refractivity (Wildman–Crippen MR) is 212 cm³/mol. The molecule has 12 nitrogen and oxygen atoms in total. The van der Waals surface area contributed by atoms with E-state index in [0.29, 0.717) is 49.7 Å². The van der Waals surface area contributed by atoms with E-state index in [-0.39, 0.29) is 24.2 Å². The zero-order chi connectivity index (χ0) is 41.1. The number of rotatable bonds is 10. The molecule has 0 bridgehead atoms. The van der Waals surface area contributed by atoms with Gasteiger partial charge in [-0.05, 0) is 71.8 Å². The zero-order valence-electron chi connectivity index (χ0n) is 29.7.